The van der Waals surface area contributed by atoms with E-state index in [4.69, 9.17) is 5.11 Å². The number of benzene rings is 1. The van der Waals surface area contributed by atoms with Gasteiger partial charge in [0.15, 0.2) is 0 Å². The molecule has 0 aromatic heterocycles. The molecule has 0 saturated carbocycles. The largest absolute Gasteiger partial charge is 0.395 e. The van der Waals surface area contributed by atoms with Crippen LogP contribution in [-0.4, -0.2) is 40.9 Å². The van der Waals surface area contributed by atoms with Gasteiger partial charge in [-0.25, -0.2) is 0 Å². The Hall–Kier alpha value is -0.900. The Kier molecular flexibility index (Phi) is 6.08. The lowest BCUT2D eigenvalue weighted by atomic mass is 10.2. The zero-order valence-corrected chi connectivity index (χ0v) is 9.84. The molecule has 0 bridgehead atoms. The van der Waals surface area contributed by atoms with Gasteiger partial charge < -0.3 is 10.2 Å². The van der Waals surface area contributed by atoms with Crippen LogP contribution in [0.2, 0.25) is 0 Å². The summed E-state index contributed by atoms with van der Waals surface area (Å²) in [6, 6.07) is 10.1. The number of nitrogens with zero attached hydrogens (tertiary/aromatic N) is 1. The van der Waals surface area contributed by atoms with Crippen molar-refractivity contribution in [2.45, 2.75) is 26.0 Å². The van der Waals surface area contributed by atoms with Crippen LogP contribution in [0.15, 0.2) is 30.3 Å². The van der Waals surface area contributed by atoms with Crippen molar-refractivity contribution < 1.29 is 10.2 Å². The Labute approximate surface area is 97.3 Å². The SMILES string of the molecule is CCC(O)CN(CCO)Cc1ccccc1. The molecular formula is C13H21NO2. The molecule has 16 heavy (non-hydrogen) atoms. The minimum absolute atomic E-state index is 0.128. The van der Waals surface area contributed by atoms with Crippen molar-refractivity contribution in [3.63, 3.8) is 0 Å². The van der Waals surface area contributed by atoms with Crippen LogP contribution in [0.5, 0.6) is 0 Å². The van der Waals surface area contributed by atoms with Crippen LogP contribution in [0.4, 0.5) is 0 Å². The van der Waals surface area contributed by atoms with E-state index >= 15 is 0 Å². The van der Waals surface area contributed by atoms with Crippen LogP contribution in [0, 0.1) is 0 Å². The van der Waals surface area contributed by atoms with E-state index in [-0.39, 0.29) is 12.7 Å². The molecule has 0 fully saturated rings. The standard InChI is InChI=1S/C13H21NO2/c1-2-13(16)11-14(8-9-15)10-12-6-4-3-5-7-12/h3-7,13,15-16H,2,8-11H2,1H3. The second-order valence-electron chi connectivity index (χ2n) is 4.01. The third kappa shape index (κ3) is 4.75. The Morgan fingerprint density at radius 3 is 2.50 bits per heavy atom. The van der Waals surface area contributed by atoms with Gasteiger partial charge in [0, 0.05) is 19.6 Å². The average Bonchev–Trinajstić information content (AvgIpc) is 2.30. The van der Waals surface area contributed by atoms with Gasteiger partial charge in [-0.1, -0.05) is 37.3 Å². The smallest absolute Gasteiger partial charge is 0.0664 e. The maximum absolute atomic E-state index is 9.61. The summed E-state index contributed by atoms with van der Waals surface area (Å²) in [5.41, 5.74) is 1.21. The van der Waals surface area contributed by atoms with Crippen molar-refractivity contribution >= 4 is 0 Å². The molecule has 1 unspecified atom stereocenters. The summed E-state index contributed by atoms with van der Waals surface area (Å²) in [6.07, 6.45) is 0.437. The molecule has 90 valence electrons. The fourth-order valence-corrected chi connectivity index (χ4v) is 1.65. The molecule has 0 aliphatic heterocycles. The van der Waals surface area contributed by atoms with E-state index < -0.39 is 0 Å². The fraction of sp³-hybridized carbons (Fsp3) is 0.538. The van der Waals surface area contributed by atoms with E-state index in [1.807, 2.05) is 25.1 Å². The molecule has 1 aromatic rings. The third-order valence-electron chi connectivity index (χ3n) is 2.61. The predicted octanol–water partition coefficient (Wildman–Crippen LogP) is 1.25. The van der Waals surface area contributed by atoms with Crippen LogP contribution >= 0.6 is 0 Å². The quantitative estimate of drug-likeness (QED) is 0.731. The van der Waals surface area contributed by atoms with Gasteiger partial charge in [-0.15, -0.1) is 0 Å². The van der Waals surface area contributed by atoms with Gasteiger partial charge in [-0.3, -0.25) is 4.90 Å². The zero-order valence-electron chi connectivity index (χ0n) is 9.84. The number of hydrogen-bond donors (Lipinski definition) is 2. The Bertz CT molecular complexity index is 277. The summed E-state index contributed by atoms with van der Waals surface area (Å²) in [6.45, 7) is 4.09. The molecule has 0 heterocycles. The van der Waals surface area contributed by atoms with Gasteiger partial charge >= 0.3 is 0 Å². The first-order valence-corrected chi connectivity index (χ1v) is 5.81. The van der Waals surface area contributed by atoms with E-state index in [1.54, 1.807) is 0 Å². The Morgan fingerprint density at radius 2 is 1.94 bits per heavy atom. The minimum Gasteiger partial charge on any atom is -0.395 e. The molecule has 3 nitrogen and oxygen atoms in total. The molecule has 3 heteroatoms. The Morgan fingerprint density at radius 1 is 1.25 bits per heavy atom. The molecule has 0 saturated heterocycles. The number of aliphatic hydroxyl groups excluding tert-OH is 2. The topological polar surface area (TPSA) is 43.7 Å². The van der Waals surface area contributed by atoms with Crippen molar-refractivity contribution in [1.82, 2.24) is 4.90 Å². The van der Waals surface area contributed by atoms with E-state index in [0.717, 1.165) is 13.0 Å². The lowest BCUT2D eigenvalue weighted by molar-refractivity contribution is 0.0930. The summed E-state index contributed by atoms with van der Waals surface area (Å²) < 4.78 is 0. The minimum atomic E-state index is -0.310. The van der Waals surface area contributed by atoms with Crippen LogP contribution in [0.25, 0.3) is 0 Å². The number of rotatable bonds is 7. The van der Waals surface area contributed by atoms with Gasteiger partial charge in [-0.05, 0) is 12.0 Å². The lowest BCUT2D eigenvalue weighted by Crippen LogP contribution is -2.33. The first-order valence-electron chi connectivity index (χ1n) is 5.81. The van der Waals surface area contributed by atoms with Crippen molar-refractivity contribution in [1.29, 1.82) is 0 Å². The highest BCUT2D eigenvalue weighted by molar-refractivity contribution is 5.14. The molecule has 0 radical (unpaired) electrons. The van der Waals surface area contributed by atoms with Crippen molar-refractivity contribution in [2.24, 2.45) is 0 Å². The first-order chi connectivity index (χ1) is 7.76. The van der Waals surface area contributed by atoms with Gasteiger partial charge in [0.25, 0.3) is 0 Å². The number of aliphatic hydroxyl groups is 2. The maximum atomic E-state index is 9.61. The molecular weight excluding hydrogens is 202 g/mol. The van der Waals surface area contributed by atoms with Crippen LogP contribution < -0.4 is 0 Å². The normalized spacial score (nSPS) is 13.0. The highest BCUT2D eigenvalue weighted by atomic mass is 16.3. The lowest BCUT2D eigenvalue weighted by Gasteiger charge is -2.23. The summed E-state index contributed by atoms with van der Waals surface area (Å²) >= 11 is 0. The molecule has 1 rings (SSSR count). The monoisotopic (exact) mass is 223 g/mol. The molecule has 1 aromatic carbocycles. The molecule has 2 N–H and O–H groups in total. The first kappa shape index (κ1) is 13.2. The van der Waals surface area contributed by atoms with E-state index in [2.05, 4.69) is 17.0 Å². The van der Waals surface area contributed by atoms with E-state index in [1.165, 1.54) is 5.56 Å². The zero-order chi connectivity index (χ0) is 11.8. The molecule has 1 atom stereocenters. The second kappa shape index (κ2) is 7.39. The summed E-state index contributed by atoms with van der Waals surface area (Å²) in [4.78, 5) is 2.07. The highest BCUT2D eigenvalue weighted by Gasteiger charge is 2.10. The number of hydrogen-bond acceptors (Lipinski definition) is 3. The van der Waals surface area contributed by atoms with Gasteiger partial charge in [0.1, 0.15) is 0 Å². The molecule has 0 amide bonds. The molecule has 0 aliphatic carbocycles. The van der Waals surface area contributed by atoms with E-state index in [9.17, 15) is 5.11 Å². The maximum Gasteiger partial charge on any atom is 0.0664 e. The summed E-state index contributed by atoms with van der Waals surface area (Å²) in [5, 5.41) is 18.6. The van der Waals surface area contributed by atoms with E-state index in [0.29, 0.717) is 13.1 Å². The van der Waals surface area contributed by atoms with Crippen LogP contribution in [0.1, 0.15) is 18.9 Å². The predicted molar refractivity (Wildman–Crippen MR) is 65.1 cm³/mol. The second-order valence-corrected chi connectivity index (χ2v) is 4.01. The fourth-order valence-electron chi connectivity index (χ4n) is 1.65. The molecule has 0 aliphatic rings. The summed E-state index contributed by atoms with van der Waals surface area (Å²) in [7, 11) is 0. The van der Waals surface area contributed by atoms with Crippen LogP contribution in [-0.2, 0) is 6.54 Å². The Balaban J connectivity index is 2.50. The van der Waals surface area contributed by atoms with Gasteiger partial charge in [-0.2, -0.15) is 0 Å². The van der Waals surface area contributed by atoms with Gasteiger partial charge in [0.05, 0.1) is 12.7 Å². The third-order valence-corrected chi connectivity index (χ3v) is 2.61. The van der Waals surface area contributed by atoms with Crippen molar-refractivity contribution in [3.8, 4) is 0 Å². The van der Waals surface area contributed by atoms with Gasteiger partial charge in [0.2, 0.25) is 0 Å². The summed E-state index contributed by atoms with van der Waals surface area (Å²) in [5.74, 6) is 0. The highest BCUT2D eigenvalue weighted by Crippen LogP contribution is 2.05. The van der Waals surface area contributed by atoms with Crippen molar-refractivity contribution in [2.75, 3.05) is 19.7 Å². The van der Waals surface area contributed by atoms with Crippen molar-refractivity contribution in [3.05, 3.63) is 35.9 Å². The average molecular weight is 223 g/mol. The van der Waals surface area contributed by atoms with Crippen LogP contribution in [0.3, 0.4) is 0 Å². The molecule has 0 spiro atoms.